The standard InChI is InChI=1S/C13H24O12/c14-1-3(15)11-8(19)7(18)10(21)13(25-11)23-2-4-5(16)6(17)9(20)12(22)24-4/h3-22H,1-2H2/t3-,4-,5-,6+,7+,8+,9-,10+,11-,12+,13+/m1/s1. The molecule has 0 radical (unpaired) electrons. The maximum Gasteiger partial charge on any atom is 0.186 e. The van der Waals surface area contributed by atoms with Gasteiger partial charge in [-0.15, -0.1) is 0 Å². The maximum absolute atomic E-state index is 9.88. The van der Waals surface area contributed by atoms with Crippen molar-refractivity contribution >= 4 is 0 Å². The van der Waals surface area contributed by atoms with Gasteiger partial charge in [-0.2, -0.15) is 0 Å². The second kappa shape index (κ2) is 8.47. The molecule has 148 valence electrons. The van der Waals surface area contributed by atoms with Crippen LogP contribution in [0.1, 0.15) is 0 Å². The van der Waals surface area contributed by atoms with Crippen molar-refractivity contribution < 1.29 is 60.2 Å². The van der Waals surface area contributed by atoms with Crippen LogP contribution in [0.15, 0.2) is 0 Å². The minimum absolute atomic E-state index is 0.533. The molecule has 11 atom stereocenters. The third-order valence-corrected chi connectivity index (χ3v) is 4.28. The summed E-state index contributed by atoms with van der Waals surface area (Å²) < 4.78 is 15.2. The molecule has 12 nitrogen and oxygen atoms in total. The lowest BCUT2D eigenvalue weighted by Crippen LogP contribution is -2.63. The fourth-order valence-corrected chi connectivity index (χ4v) is 2.69. The van der Waals surface area contributed by atoms with Crippen LogP contribution in [0.5, 0.6) is 0 Å². The highest BCUT2D eigenvalue weighted by Gasteiger charge is 2.48. The first-order chi connectivity index (χ1) is 11.7. The summed E-state index contributed by atoms with van der Waals surface area (Å²) in [7, 11) is 0. The normalized spacial score (nSPS) is 49.8. The van der Waals surface area contributed by atoms with Crippen molar-refractivity contribution in [3.63, 3.8) is 0 Å². The predicted octanol–water partition coefficient (Wildman–Crippen LogP) is -6.04. The Kier molecular flexibility index (Phi) is 7.06. The van der Waals surface area contributed by atoms with Crippen molar-refractivity contribution in [1.82, 2.24) is 0 Å². The van der Waals surface area contributed by atoms with Crippen LogP contribution in [0.25, 0.3) is 0 Å². The summed E-state index contributed by atoms with van der Waals surface area (Å²) in [5, 5.41) is 86.2. The summed E-state index contributed by atoms with van der Waals surface area (Å²) in [5.41, 5.74) is 0. The van der Waals surface area contributed by atoms with E-state index in [1.54, 1.807) is 0 Å². The average Bonchev–Trinajstić information content (AvgIpc) is 2.60. The summed E-state index contributed by atoms with van der Waals surface area (Å²) in [5.74, 6) is 0. The molecule has 9 N–H and O–H groups in total. The Morgan fingerprint density at radius 2 is 1.36 bits per heavy atom. The van der Waals surface area contributed by atoms with Crippen molar-refractivity contribution in [2.75, 3.05) is 13.2 Å². The van der Waals surface area contributed by atoms with E-state index in [9.17, 15) is 40.9 Å². The van der Waals surface area contributed by atoms with Gasteiger partial charge < -0.3 is 60.2 Å². The molecule has 25 heavy (non-hydrogen) atoms. The van der Waals surface area contributed by atoms with Gasteiger partial charge in [-0.3, -0.25) is 0 Å². The molecule has 12 heteroatoms. The van der Waals surface area contributed by atoms with Crippen LogP contribution in [-0.2, 0) is 14.2 Å². The Bertz CT molecular complexity index is 424. The SMILES string of the molecule is OC[C@@H](O)[C@H]1O[C@H](OC[C@H]2O[C@H](O)[C@H](O)[C@@H](O)[C@@H]2O)[C@@H](O)[C@@H](O)[C@@H]1O. The number of hydrogen-bond acceptors (Lipinski definition) is 12. The van der Waals surface area contributed by atoms with Gasteiger partial charge in [-0.1, -0.05) is 0 Å². The monoisotopic (exact) mass is 372 g/mol. The summed E-state index contributed by atoms with van der Waals surface area (Å²) in [6, 6.07) is 0. The molecule has 2 aliphatic rings. The van der Waals surface area contributed by atoms with E-state index in [2.05, 4.69) is 0 Å². The van der Waals surface area contributed by atoms with Crippen LogP contribution in [0.3, 0.4) is 0 Å². The van der Waals surface area contributed by atoms with Crippen molar-refractivity contribution in [3.05, 3.63) is 0 Å². The third-order valence-electron chi connectivity index (χ3n) is 4.28. The molecule has 2 heterocycles. The summed E-state index contributed by atoms with van der Waals surface area (Å²) in [4.78, 5) is 0. The highest BCUT2D eigenvalue weighted by Crippen LogP contribution is 2.26. The van der Waals surface area contributed by atoms with E-state index in [-0.39, 0.29) is 0 Å². The van der Waals surface area contributed by atoms with Crippen molar-refractivity contribution in [2.45, 2.75) is 67.5 Å². The van der Waals surface area contributed by atoms with Crippen LogP contribution < -0.4 is 0 Å². The highest BCUT2D eigenvalue weighted by atomic mass is 16.7. The Hall–Kier alpha value is -0.480. The lowest BCUT2D eigenvalue weighted by atomic mass is 9.95. The van der Waals surface area contributed by atoms with Gasteiger partial charge in [-0.25, -0.2) is 0 Å². The molecule has 0 bridgehead atoms. The second-order valence-corrected chi connectivity index (χ2v) is 6.06. The minimum Gasteiger partial charge on any atom is -0.394 e. The fourth-order valence-electron chi connectivity index (χ4n) is 2.69. The van der Waals surface area contributed by atoms with E-state index in [4.69, 9.17) is 19.3 Å². The van der Waals surface area contributed by atoms with Crippen LogP contribution in [-0.4, -0.2) is 127 Å². The van der Waals surface area contributed by atoms with Gasteiger partial charge >= 0.3 is 0 Å². The molecule has 0 amide bonds. The maximum atomic E-state index is 9.88. The summed E-state index contributed by atoms with van der Waals surface area (Å²) >= 11 is 0. The molecule has 0 spiro atoms. The van der Waals surface area contributed by atoms with Crippen LogP contribution in [0.2, 0.25) is 0 Å². The molecule has 0 aromatic heterocycles. The lowest BCUT2D eigenvalue weighted by molar-refractivity contribution is -0.331. The van der Waals surface area contributed by atoms with E-state index in [1.165, 1.54) is 0 Å². The second-order valence-electron chi connectivity index (χ2n) is 6.06. The Morgan fingerprint density at radius 1 is 0.760 bits per heavy atom. The average molecular weight is 372 g/mol. The van der Waals surface area contributed by atoms with Gasteiger partial charge in [0, 0.05) is 0 Å². The van der Waals surface area contributed by atoms with Gasteiger partial charge in [0.05, 0.1) is 13.2 Å². The van der Waals surface area contributed by atoms with Crippen molar-refractivity contribution in [3.8, 4) is 0 Å². The highest BCUT2D eigenvalue weighted by molar-refractivity contribution is 4.93. The van der Waals surface area contributed by atoms with Crippen LogP contribution >= 0.6 is 0 Å². The van der Waals surface area contributed by atoms with Crippen molar-refractivity contribution in [1.29, 1.82) is 0 Å². The number of hydrogen-bond donors (Lipinski definition) is 9. The lowest BCUT2D eigenvalue weighted by Gasteiger charge is -2.43. The van der Waals surface area contributed by atoms with Gasteiger partial charge in [0.15, 0.2) is 12.6 Å². The van der Waals surface area contributed by atoms with Gasteiger partial charge in [-0.05, 0) is 0 Å². The number of rotatable bonds is 5. The third kappa shape index (κ3) is 4.27. The topological polar surface area (TPSA) is 210 Å². The Labute approximate surface area is 142 Å². The van der Waals surface area contributed by atoms with E-state index in [0.29, 0.717) is 0 Å². The zero-order chi connectivity index (χ0) is 18.9. The van der Waals surface area contributed by atoms with Gasteiger partial charge in [0.1, 0.15) is 54.9 Å². The molecule has 2 fully saturated rings. The minimum atomic E-state index is -1.78. The number of ether oxygens (including phenoxy) is 3. The molecule has 0 aliphatic carbocycles. The van der Waals surface area contributed by atoms with Gasteiger partial charge in [0.25, 0.3) is 0 Å². The smallest absolute Gasteiger partial charge is 0.186 e. The first-order valence-corrected chi connectivity index (χ1v) is 7.67. The molecule has 2 rings (SSSR count). The Morgan fingerprint density at radius 3 is 1.96 bits per heavy atom. The molecule has 2 saturated heterocycles. The quantitative estimate of drug-likeness (QED) is 0.221. The fraction of sp³-hybridized carbons (Fsp3) is 1.00. The zero-order valence-corrected chi connectivity index (χ0v) is 13.0. The van der Waals surface area contributed by atoms with E-state index >= 15 is 0 Å². The van der Waals surface area contributed by atoms with E-state index in [1.807, 2.05) is 0 Å². The summed E-state index contributed by atoms with van der Waals surface area (Å²) in [6.45, 7) is -1.31. The molecule has 2 aliphatic heterocycles. The predicted molar refractivity (Wildman–Crippen MR) is 74.6 cm³/mol. The van der Waals surface area contributed by atoms with E-state index in [0.717, 1.165) is 0 Å². The Balaban J connectivity index is 1.99. The van der Waals surface area contributed by atoms with Crippen LogP contribution in [0, 0.1) is 0 Å². The van der Waals surface area contributed by atoms with Gasteiger partial charge in [0.2, 0.25) is 0 Å². The summed E-state index contributed by atoms with van der Waals surface area (Å²) in [6.07, 6.45) is -17.9. The molecule has 0 aromatic rings. The zero-order valence-electron chi connectivity index (χ0n) is 13.0. The van der Waals surface area contributed by atoms with Crippen LogP contribution in [0.4, 0.5) is 0 Å². The molecule has 0 unspecified atom stereocenters. The molecule has 0 saturated carbocycles. The molecular formula is C13H24O12. The van der Waals surface area contributed by atoms with E-state index < -0.39 is 80.7 Å². The first kappa shape index (κ1) is 20.8. The first-order valence-electron chi connectivity index (χ1n) is 7.67. The molecular weight excluding hydrogens is 348 g/mol. The molecule has 0 aromatic carbocycles. The number of aliphatic hydroxyl groups is 9. The number of aliphatic hydroxyl groups excluding tert-OH is 9. The van der Waals surface area contributed by atoms with Crippen molar-refractivity contribution in [2.24, 2.45) is 0 Å². The largest absolute Gasteiger partial charge is 0.394 e.